The molecule has 1 unspecified atom stereocenters. The fourth-order valence-electron chi connectivity index (χ4n) is 2.32. The predicted octanol–water partition coefficient (Wildman–Crippen LogP) is 2.85. The maximum Gasteiger partial charge on any atom is 0.0249 e. The molecule has 1 atom stereocenters. The van der Waals surface area contributed by atoms with E-state index in [-0.39, 0.29) is 0 Å². The van der Waals surface area contributed by atoms with Gasteiger partial charge >= 0.3 is 0 Å². The molecule has 0 bridgehead atoms. The van der Waals surface area contributed by atoms with Gasteiger partial charge in [-0.15, -0.1) is 0 Å². The van der Waals surface area contributed by atoms with E-state index in [4.69, 9.17) is 0 Å². The van der Waals surface area contributed by atoms with Crippen LogP contribution < -0.4 is 5.32 Å². The first-order valence-electron chi connectivity index (χ1n) is 6.83. The maximum atomic E-state index is 11.2. The molecule has 1 rings (SSSR count). The molecule has 1 fully saturated rings. The molecule has 1 aliphatic rings. The molecule has 0 radical (unpaired) electrons. The molecule has 1 N–H and O–H groups in total. The maximum absolute atomic E-state index is 11.2. The van der Waals surface area contributed by atoms with E-state index in [1.165, 1.54) is 32.1 Å². The van der Waals surface area contributed by atoms with Gasteiger partial charge in [0.25, 0.3) is 0 Å². The van der Waals surface area contributed by atoms with Crippen molar-refractivity contribution in [2.24, 2.45) is 0 Å². The van der Waals surface area contributed by atoms with Crippen molar-refractivity contribution in [3.63, 3.8) is 0 Å². The van der Waals surface area contributed by atoms with Crippen LogP contribution in [0.2, 0.25) is 0 Å². The van der Waals surface area contributed by atoms with Crippen molar-refractivity contribution in [2.45, 2.75) is 70.9 Å². The Balaban J connectivity index is 2.04. The zero-order valence-corrected chi connectivity index (χ0v) is 11.7. The zero-order chi connectivity index (χ0) is 11.8. The summed E-state index contributed by atoms with van der Waals surface area (Å²) < 4.78 is 11.2. The summed E-state index contributed by atoms with van der Waals surface area (Å²) >= 11 is 0. The fraction of sp³-hybridized carbons (Fsp3) is 1.00. The molecule has 0 aromatic carbocycles. The number of hydrogen-bond acceptors (Lipinski definition) is 2. The summed E-state index contributed by atoms with van der Waals surface area (Å²) in [5.74, 6) is 1.81. The standard InChI is InChI=1S/C13H27NOS/c1-3-4-5-6-7-12(2)14-13-8-10-16(15)11-9-13/h12-14H,3-11H2,1-2H3. The van der Waals surface area contributed by atoms with E-state index in [2.05, 4.69) is 19.2 Å². The summed E-state index contributed by atoms with van der Waals surface area (Å²) in [6, 6.07) is 1.26. The van der Waals surface area contributed by atoms with Gasteiger partial charge in [0.2, 0.25) is 0 Å². The van der Waals surface area contributed by atoms with Gasteiger partial charge in [0.05, 0.1) is 0 Å². The topological polar surface area (TPSA) is 29.1 Å². The second-order valence-corrected chi connectivity index (χ2v) is 6.74. The minimum Gasteiger partial charge on any atom is -0.311 e. The van der Waals surface area contributed by atoms with Crippen molar-refractivity contribution in [2.75, 3.05) is 11.5 Å². The van der Waals surface area contributed by atoms with Gasteiger partial charge in [-0.2, -0.15) is 0 Å². The third-order valence-corrected chi connectivity index (χ3v) is 4.78. The molecule has 0 amide bonds. The van der Waals surface area contributed by atoms with E-state index in [1.807, 2.05) is 0 Å². The normalized spacial score (nSPS) is 27.9. The van der Waals surface area contributed by atoms with Crippen molar-refractivity contribution in [1.29, 1.82) is 0 Å². The lowest BCUT2D eigenvalue weighted by Crippen LogP contribution is -2.40. The van der Waals surface area contributed by atoms with E-state index < -0.39 is 10.8 Å². The smallest absolute Gasteiger partial charge is 0.0249 e. The molecule has 1 aliphatic heterocycles. The van der Waals surface area contributed by atoms with Crippen molar-refractivity contribution < 1.29 is 4.21 Å². The molecule has 1 saturated heterocycles. The Kier molecular flexibility index (Phi) is 7.30. The van der Waals surface area contributed by atoms with Crippen LogP contribution in [0.3, 0.4) is 0 Å². The molecule has 3 heteroatoms. The van der Waals surface area contributed by atoms with Crippen LogP contribution in [0.15, 0.2) is 0 Å². The molecule has 0 aliphatic carbocycles. The highest BCUT2D eigenvalue weighted by atomic mass is 32.2. The molecule has 2 nitrogen and oxygen atoms in total. The lowest BCUT2D eigenvalue weighted by Gasteiger charge is -2.26. The fourth-order valence-corrected chi connectivity index (χ4v) is 3.62. The van der Waals surface area contributed by atoms with E-state index in [1.54, 1.807) is 0 Å². The Morgan fingerprint density at radius 2 is 1.94 bits per heavy atom. The third-order valence-electron chi connectivity index (χ3n) is 3.40. The first-order valence-corrected chi connectivity index (χ1v) is 8.32. The van der Waals surface area contributed by atoms with Crippen LogP contribution >= 0.6 is 0 Å². The van der Waals surface area contributed by atoms with Crippen LogP contribution in [0.4, 0.5) is 0 Å². The minimum absolute atomic E-state index is 0.524. The average molecular weight is 245 g/mol. The molecular formula is C13H27NOS. The molecule has 96 valence electrons. The minimum atomic E-state index is -0.524. The molecular weight excluding hydrogens is 218 g/mol. The van der Waals surface area contributed by atoms with Gasteiger partial charge in [0, 0.05) is 34.4 Å². The van der Waals surface area contributed by atoms with Gasteiger partial charge in [0.1, 0.15) is 0 Å². The highest BCUT2D eigenvalue weighted by Crippen LogP contribution is 2.12. The lowest BCUT2D eigenvalue weighted by atomic mass is 10.1. The highest BCUT2D eigenvalue weighted by Gasteiger charge is 2.18. The molecule has 0 aromatic rings. The van der Waals surface area contributed by atoms with E-state index in [0.29, 0.717) is 12.1 Å². The quantitative estimate of drug-likeness (QED) is 0.699. The summed E-state index contributed by atoms with van der Waals surface area (Å²) in [6.45, 7) is 4.54. The Hall–Kier alpha value is 0.110. The first kappa shape index (κ1) is 14.2. The summed E-state index contributed by atoms with van der Waals surface area (Å²) in [6.07, 6.45) is 8.90. The van der Waals surface area contributed by atoms with Gasteiger partial charge in [-0.05, 0) is 26.2 Å². The largest absolute Gasteiger partial charge is 0.311 e. The first-order chi connectivity index (χ1) is 7.72. The molecule has 0 saturated carbocycles. The van der Waals surface area contributed by atoms with Crippen molar-refractivity contribution in [1.82, 2.24) is 5.32 Å². The number of rotatable bonds is 7. The number of unbranched alkanes of at least 4 members (excludes halogenated alkanes) is 3. The summed E-state index contributed by atoms with van der Waals surface area (Å²) in [5, 5.41) is 3.68. The van der Waals surface area contributed by atoms with E-state index in [9.17, 15) is 4.21 Å². The van der Waals surface area contributed by atoms with Crippen LogP contribution in [0.25, 0.3) is 0 Å². The lowest BCUT2D eigenvalue weighted by molar-refractivity contribution is 0.394. The second-order valence-electron chi connectivity index (χ2n) is 5.04. The zero-order valence-electron chi connectivity index (χ0n) is 10.8. The number of hydrogen-bond donors (Lipinski definition) is 1. The van der Waals surface area contributed by atoms with Crippen LogP contribution in [0, 0.1) is 0 Å². The predicted molar refractivity (Wildman–Crippen MR) is 72.3 cm³/mol. The van der Waals surface area contributed by atoms with Crippen LogP contribution in [-0.2, 0) is 10.8 Å². The second kappa shape index (κ2) is 8.24. The van der Waals surface area contributed by atoms with E-state index in [0.717, 1.165) is 24.3 Å². The van der Waals surface area contributed by atoms with Crippen molar-refractivity contribution >= 4 is 10.8 Å². The summed E-state index contributed by atoms with van der Waals surface area (Å²) in [4.78, 5) is 0. The van der Waals surface area contributed by atoms with Gasteiger partial charge in [-0.1, -0.05) is 32.6 Å². The Labute approximate surface area is 103 Å². The van der Waals surface area contributed by atoms with Gasteiger partial charge < -0.3 is 5.32 Å². The summed E-state index contributed by atoms with van der Waals surface area (Å²) in [7, 11) is -0.524. The van der Waals surface area contributed by atoms with Gasteiger partial charge in [0.15, 0.2) is 0 Å². The molecule has 16 heavy (non-hydrogen) atoms. The van der Waals surface area contributed by atoms with Crippen LogP contribution in [0.5, 0.6) is 0 Å². The molecule has 0 spiro atoms. The van der Waals surface area contributed by atoms with Crippen molar-refractivity contribution in [3.8, 4) is 0 Å². The van der Waals surface area contributed by atoms with Gasteiger partial charge in [-0.25, -0.2) is 0 Å². The van der Waals surface area contributed by atoms with E-state index >= 15 is 0 Å². The monoisotopic (exact) mass is 245 g/mol. The van der Waals surface area contributed by atoms with Gasteiger partial charge in [-0.3, -0.25) is 4.21 Å². The highest BCUT2D eigenvalue weighted by molar-refractivity contribution is 7.85. The SMILES string of the molecule is CCCCCCC(C)NC1CCS(=O)CC1. The Morgan fingerprint density at radius 3 is 2.56 bits per heavy atom. The number of nitrogens with one attached hydrogen (secondary N) is 1. The average Bonchev–Trinajstić information content (AvgIpc) is 2.28. The third kappa shape index (κ3) is 6.00. The van der Waals surface area contributed by atoms with Crippen LogP contribution in [-0.4, -0.2) is 27.8 Å². The van der Waals surface area contributed by atoms with Crippen molar-refractivity contribution in [3.05, 3.63) is 0 Å². The Morgan fingerprint density at radius 1 is 1.25 bits per heavy atom. The van der Waals surface area contributed by atoms with Crippen LogP contribution in [0.1, 0.15) is 58.8 Å². The molecule has 0 aromatic heterocycles. The Bertz CT molecular complexity index is 198. The summed E-state index contributed by atoms with van der Waals surface area (Å²) in [5.41, 5.74) is 0. The molecule has 1 heterocycles.